The number of nitriles is 1. The smallest absolute Gasteiger partial charge is 0.357 e. The summed E-state index contributed by atoms with van der Waals surface area (Å²) in [6.07, 6.45) is 3.28. The number of halogens is 1. The molecule has 4 rings (SSSR count). The maximum atomic E-state index is 14.6. The van der Waals surface area contributed by atoms with Crippen LogP contribution in [0, 0.1) is 24.1 Å². The van der Waals surface area contributed by atoms with Gasteiger partial charge >= 0.3 is 5.97 Å². The van der Waals surface area contributed by atoms with E-state index in [1.165, 1.54) is 17.4 Å². The minimum atomic E-state index is -0.522. The van der Waals surface area contributed by atoms with Gasteiger partial charge in [-0.1, -0.05) is 6.07 Å². The van der Waals surface area contributed by atoms with E-state index in [1.54, 1.807) is 43.6 Å². The van der Waals surface area contributed by atoms with Crippen molar-refractivity contribution in [3.63, 3.8) is 0 Å². The number of anilines is 2. The minimum absolute atomic E-state index is 0.203. The van der Waals surface area contributed by atoms with Gasteiger partial charge in [0.15, 0.2) is 5.69 Å². The SMILES string of the molecule is CCOC(=O)c1c(Nc2ccc(C)cc2F)c2cnccc2n1Cc1ccc(C#N)s1. The van der Waals surface area contributed by atoms with E-state index in [1.807, 2.05) is 17.6 Å². The van der Waals surface area contributed by atoms with E-state index >= 15 is 0 Å². The van der Waals surface area contributed by atoms with Gasteiger partial charge in [0.2, 0.25) is 0 Å². The molecule has 6 nitrogen and oxygen atoms in total. The lowest BCUT2D eigenvalue weighted by Gasteiger charge is -2.12. The van der Waals surface area contributed by atoms with Crippen molar-refractivity contribution in [3.8, 4) is 6.07 Å². The van der Waals surface area contributed by atoms with Gasteiger partial charge in [0.1, 0.15) is 16.8 Å². The van der Waals surface area contributed by atoms with Crippen LogP contribution in [0.3, 0.4) is 0 Å². The number of benzene rings is 1. The lowest BCUT2D eigenvalue weighted by Crippen LogP contribution is -2.14. The van der Waals surface area contributed by atoms with Crippen LogP contribution >= 0.6 is 11.3 Å². The van der Waals surface area contributed by atoms with Gasteiger partial charge in [0.25, 0.3) is 0 Å². The zero-order chi connectivity index (χ0) is 22.0. The summed E-state index contributed by atoms with van der Waals surface area (Å²) in [6.45, 7) is 4.11. The van der Waals surface area contributed by atoms with Gasteiger partial charge < -0.3 is 14.6 Å². The molecule has 0 spiro atoms. The number of hydrogen-bond donors (Lipinski definition) is 1. The fourth-order valence-electron chi connectivity index (χ4n) is 3.44. The van der Waals surface area contributed by atoms with Gasteiger partial charge in [-0.25, -0.2) is 9.18 Å². The molecule has 0 saturated heterocycles. The van der Waals surface area contributed by atoms with Crippen LogP contribution < -0.4 is 5.32 Å². The van der Waals surface area contributed by atoms with Gasteiger partial charge in [-0.3, -0.25) is 4.98 Å². The Balaban J connectivity index is 1.90. The summed E-state index contributed by atoms with van der Waals surface area (Å²) in [6, 6.07) is 12.4. The molecule has 0 aliphatic heterocycles. The lowest BCUT2D eigenvalue weighted by atomic mass is 10.2. The maximum Gasteiger partial charge on any atom is 0.357 e. The fourth-order valence-corrected chi connectivity index (χ4v) is 4.23. The molecule has 31 heavy (non-hydrogen) atoms. The molecule has 4 aromatic rings. The van der Waals surface area contributed by atoms with Gasteiger partial charge in [-0.15, -0.1) is 11.3 Å². The topological polar surface area (TPSA) is 79.9 Å². The first kappa shape index (κ1) is 20.6. The maximum absolute atomic E-state index is 14.6. The average Bonchev–Trinajstić information content (AvgIpc) is 3.33. The second kappa shape index (κ2) is 8.58. The largest absolute Gasteiger partial charge is 0.461 e. The molecule has 3 aromatic heterocycles. The minimum Gasteiger partial charge on any atom is -0.461 e. The standard InChI is InChI=1S/C23H19FN4O2S/c1-3-30-23(29)22-21(27-19-7-4-14(2)10-18(19)24)17-12-26-9-8-20(17)28(22)13-16-6-5-15(11-25)31-16/h4-10,12,27H,3,13H2,1-2H3. The number of fused-ring (bicyclic) bond motifs is 1. The number of nitrogens with zero attached hydrogens (tertiary/aromatic N) is 3. The molecule has 0 atom stereocenters. The first-order valence-corrected chi connectivity index (χ1v) is 10.5. The van der Waals surface area contributed by atoms with Crippen molar-refractivity contribution >= 4 is 39.6 Å². The number of rotatable bonds is 6. The number of aromatic nitrogens is 2. The van der Waals surface area contributed by atoms with Crippen molar-refractivity contribution in [1.82, 2.24) is 9.55 Å². The van der Waals surface area contributed by atoms with E-state index in [0.29, 0.717) is 22.5 Å². The quantitative estimate of drug-likeness (QED) is 0.412. The Morgan fingerprint density at radius 2 is 2.16 bits per heavy atom. The highest BCUT2D eigenvalue weighted by Gasteiger charge is 2.25. The number of esters is 1. The number of thiophene rings is 1. The Bertz CT molecular complexity index is 1320. The molecular weight excluding hydrogens is 415 g/mol. The summed E-state index contributed by atoms with van der Waals surface area (Å²) in [5, 5.41) is 12.9. The summed E-state index contributed by atoms with van der Waals surface area (Å²) in [4.78, 5) is 18.7. The van der Waals surface area contributed by atoms with Crippen LogP contribution in [0.15, 0.2) is 48.8 Å². The predicted molar refractivity (Wildman–Crippen MR) is 118 cm³/mol. The number of ether oxygens (including phenoxy) is 1. The molecule has 0 radical (unpaired) electrons. The highest BCUT2D eigenvalue weighted by atomic mass is 32.1. The summed E-state index contributed by atoms with van der Waals surface area (Å²) in [5.41, 5.74) is 2.50. The fraction of sp³-hybridized carbons (Fsp3) is 0.174. The van der Waals surface area contributed by atoms with Crippen molar-refractivity contribution in [2.24, 2.45) is 0 Å². The van der Waals surface area contributed by atoms with Crippen LogP contribution in [0.4, 0.5) is 15.8 Å². The zero-order valence-corrected chi connectivity index (χ0v) is 17.8. The average molecular weight is 434 g/mol. The molecule has 0 amide bonds. The molecule has 1 N–H and O–H groups in total. The van der Waals surface area contributed by atoms with Crippen LogP contribution in [0.5, 0.6) is 0 Å². The highest BCUT2D eigenvalue weighted by molar-refractivity contribution is 7.12. The zero-order valence-electron chi connectivity index (χ0n) is 17.0. The van der Waals surface area contributed by atoms with Crippen LogP contribution in [0.1, 0.15) is 32.7 Å². The number of hydrogen-bond acceptors (Lipinski definition) is 6. The third-order valence-corrected chi connectivity index (χ3v) is 5.78. The highest BCUT2D eigenvalue weighted by Crippen LogP contribution is 2.35. The normalized spacial score (nSPS) is 10.8. The summed E-state index contributed by atoms with van der Waals surface area (Å²) >= 11 is 1.36. The number of pyridine rings is 1. The number of carbonyl (C=O) groups is 1. The van der Waals surface area contributed by atoms with Crippen LogP contribution in [0.2, 0.25) is 0 Å². The molecule has 0 aliphatic rings. The third kappa shape index (κ3) is 4.00. The van der Waals surface area contributed by atoms with Gasteiger partial charge in [0.05, 0.1) is 30.0 Å². The Hall–Kier alpha value is -3.70. The molecular formula is C23H19FN4O2S. The molecule has 0 saturated carbocycles. The van der Waals surface area contributed by atoms with Crippen LogP contribution in [-0.4, -0.2) is 22.1 Å². The van der Waals surface area contributed by atoms with Gasteiger partial charge in [0, 0.05) is 22.7 Å². The molecule has 1 aromatic carbocycles. The van der Waals surface area contributed by atoms with E-state index in [0.717, 1.165) is 16.0 Å². The van der Waals surface area contributed by atoms with E-state index < -0.39 is 11.8 Å². The van der Waals surface area contributed by atoms with Crippen molar-refractivity contribution in [3.05, 3.63) is 75.6 Å². The Labute approximate surface area is 182 Å². The molecule has 156 valence electrons. The van der Waals surface area contributed by atoms with E-state index in [-0.39, 0.29) is 18.0 Å². The molecule has 0 bridgehead atoms. The second-order valence-corrected chi connectivity index (χ2v) is 8.08. The van der Waals surface area contributed by atoms with Gasteiger partial charge in [-0.05, 0) is 49.7 Å². The summed E-state index contributed by atoms with van der Waals surface area (Å²) in [5.74, 6) is -0.942. The number of nitrogens with one attached hydrogen (secondary N) is 1. The monoisotopic (exact) mass is 434 g/mol. The van der Waals surface area contributed by atoms with Crippen molar-refractivity contribution < 1.29 is 13.9 Å². The van der Waals surface area contributed by atoms with Crippen LogP contribution in [0.25, 0.3) is 10.9 Å². The molecule has 0 unspecified atom stereocenters. The molecule has 0 aliphatic carbocycles. The second-order valence-electron chi connectivity index (χ2n) is 6.91. The first-order valence-electron chi connectivity index (χ1n) is 9.67. The van der Waals surface area contributed by atoms with Crippen molar-refractivity contribution in [2.75, 3.05) is 11.9 Å². The molecule has 0 fully saturated rings. The lowest BCUT2D eigenvalue weighted by molar-refractivity contribution is 0.0516. The Morgan fingerprint density at radius 1 is 1.32 bits per heavy atom. The van der Waals surface area contributed by atoms with Crippen molar-refractivity contribution in [1.29, 1.82) is 5.26 Å². The first-order chi connectivity index (χ1) is 15.0. The van der Waals surface area contributed by atoms with E-state index in [4.69, 9.17) is 10.00 Å². The van der Waals surface area contributed by atoms with Crippen LogP contribution in [-0.2, 0) is 11.3 Å². The number of carbonyl (C=O) groups excluding carboxylic acids is 1. The van der Waals surface area contributed by atoms with Gasteiger partial charge in [-0.2, -0.15) is 5.26 Å². The van der Waals surface area contributed by atoms with E-state index in [9.17, 15) is 9.18 Å². The Kier molecular flexibility index (Phi) is 5.69. The summed E-state index contributed by atoms with van der Waals surface area (Å²) < 4.78 is 21.7. The van der Waals surface area contributed by atoms with Crippen molar-refractivity contribution in [2.45, 2.75) is 20.4 Å². The number of aryl methyl sites for hydroxylation is 1. The summed E-state index contributed by atoms with van der Waals surface area (Å²) in [7, 11) is 0. The third-order valence-electron chi connectivity index (χ3n) is 4.80. The molecule has 8 heteroatoms. The Morgan fingerprint density at radius 3 is 2.87 bits per heavy atom. The van der Waals surface area contributed by atoms with E-state index in [2.05, 4.69) is 16.4 Å². The predicted octanol–water partition coefficient (Wildman–Crippen LogP) is 5.39. The molecule has 3 heterocycles.